The lowest BCUT2D eigenvalue weighted by Gasteiger charge is -2.37. The van der Waals surface area contributed by atoms with Gasteiger partial charge in [-0.2, -0.15) is 0 Å². The van der Waals surface area contributed by atoms with Crippen LogP contribution in [0.15, 0.2) is 60.9 Å². The summed E-state index contributed by atoms with van der Waals surface area (Å²) in [5, 5.41) is 9.85. The Morgan fingerprint density at radius 1 is 1.19 bits per heavy atom. The Kier molecular flexibility index (Phi) is 8.49. The molecule has 0 bridgehead atoms. The van der Waals surface area contributed by atoms with E-state index in [4.69, 9.17) is 4.74 Å². The molecular weight excluding hydrogens is 471 g/mol. The fourth-order valence-corrected chi connectivity index (χ4v) is 4.24. The van der Waals surface area contributed by atoms with E-state index in [0.717, 1.165) is 5.69 Å². The zero-order valence-electron chi connectivity index (χ0n) is 21.3. The molecule has 8 heteroatoms. The molecule has 2 aromatic heterocycles. The van der Waals surface area contributed by atoms with Crippen molar-refractivity contribution in [2.75, 3.05) is 26.7 Å². The second kappa shape index (κ2) is 12.0. The number of ether oxygens (including phenoxy) is 1. The Bertz CT molecular complexity index is 1290. The monoisotopic (exact) mass is 502 g/mol. The average Bonchev–Trinajstić information content (AvgIpc) is 2.89. The first-order valence-corrected chi connectivity index (χ1v) is 12.3. The predicted molar refractivity (Wildman–Crippen MR) is 138 cm³/mol. The highest BCUT2D eigenvalue weighted by molar-refractivity contribution is 5.97. The van der Waals surface area contributed by atoms with Gasteiger partial charge < -0.3 is 14.7 Å². The van der Waals surface area contributed by atoms with Crippen LogP contribution in [0.4, 0.5) is 4.39 Å². The van der Waals surface area contributed by atoms with Gasteiger partial charge in [-0.3, -0.25) is 14.7 Å². The van der Waals surface area contributed by atoms with Gasteiger partial charge in [-0.15, -0.1) is 0 Å². The third kappa shape index (κ3) is 6.70. The van der Waals surface area contributed by atoms with E-state index in [2.05, 4.69) is 26.7 Å². The lowest BCUT2D eigenvalue weighted by molar-refractivity contribution is 0.0324. The molecule has 3 aromatic rings. The Balaban J connectivity index is 1.63. The van der Waals surface area contributed by atoms with E-state index in [9.17, 15) is 14.3 Å². The van der Waals surface area contributed by atoms with Crippen molar-refractivity contribution in [3.05, 3.63) is 89.1 Å². The Morgan fingerprint density at radius 3 is 2.73 bits per heavy atom. The molecule has 1 amide bonds. The molecule has 0 spiro atoms. The van der Waals surface area contributed by atoms with Gasteiger partial charge in [-0.05, 0) is 50.4 Å². The maximum absolute atomic E-state index is 13.6. The molecule has 3 atom stereocenters. The molecular formula is C29H31FN4O3. The number of carbonyl (C=O) groups excluding carboxylic acids is 1. The molecule has 1 aliphatic heterocycles. The number of hydrogen-bond acceptors (Lipinski definition) is 6. The number of carbonyl (C=O) groups is 1. The maximum Gasteiger partial charge on any atom is 0.259 e. The van der Waals surface area contributed by atoms with Crippen LogP contribution in [0.1, 0.15) is 41.0 Å². The minimum atomic E-state index is -0.380. The normalized spacial score (nSPS) is 18.2. The van der Waals surface area contributed by atoms with Crippen LogP contribution in [0.2, 0.25) is 0 Å². The van der Waals surface area contributed by atoms with E-state index in [-0.39, 0.29) is 47.8 Å². The third-order valence-electron chi connectivity index (χ3n) is 6.35. The largest absolute Gasteiger partial charge is 0.472 e. The summed E-state index contributed by atoms with van der Waals surface area (Å²) in [6, 6.07) is 13.1. The molecule has 1 aliphatic rings. The molecule has 0 fully saturated rings. The summed E-state index contributed by atoms with van der Waals surface area (Å²) in [6.45, 7) is 5.35. The number of halogens is 1. The molecule has 1 aromatic carbocycles. The molecule has 7 nitrogen and oxygen atoms in total. The second-order valence-electron chi connectivity index (χ2n) is 9.48. The number of hydrogen-bond donors (Lipinski definition) is 1. The lowest BCUT2D eigenvalue weighted by atomic mass is 10.00. The highest BCUT2D eigenvalue weighted by atomic mass is 19.1. The number of likely N-dealkylation sites (N-methyl/N-ethyl adjacent to an activating group) is 1. The molecule has 3 heterocycles. The van der Waals surface area contributed by atoms with Crippen LogP contribution in [0.5, 0.6) is 5.88 Å². The summed E-state index contributed by atoms with van der Waals surface area (Å²) in [5.74, 6) is 5.45. The van der Waals surface area contributed by atoms with Crippen LogP contribution in [-0.2, 0) is 6.54 Å². The van der Waals surface area contributed by atoms with Crippen LogP contribution in [0.3, 0.4) is 0 Å². The fourth-order valence-electron chi connectivity index (χ4n) is 4.24. The van der Waals surface area contributed by atoms with Gasteiger partial charge in [0.2, 0.25) is 5.88 Å². The smallest absolute Gasteiger partial charge is 0.259 e. The van der Waals surface area contributed by atoms with Crippen molar-refractivity contribution < 1.29 is 19.0 Å². The molecule has 0 radical (unpaired) electrons. The fraction of sp³-hybridized carbons (Fsp3) is 0.345. The van der Waals surface area contributed by atoms with Gasteiger partial charge in [0.15, 0.2) is 0 Å². The van der Waals surface area contributed by atoms with Crippen molar-refractivity contribution in [1.29, 1.82) is 0 Å². The van der Waals surface area contributed by atoms with Crippen LogP contribution in [0.25, 0.3) is 0 Å². The average molecular weight is 503 g/mol. The predicted octanol–water partition coefficient (Wildman–Crippen LogP) is 3.37. The van der Waals surface area contributed by atoms with E-state index in [0.29, 0.717) is 30.8 Å². The molecule has 37 heavy (non-hydrogen) atoms. The molecule has 0 unspecified atom stereocenters. The first kappa shape index (κ1) is 26.3. The van der Waals surface area contributed by atoms with Crippen LogP contribution >= 0.6 is 0 Å². The minimum absolute atomic E-state index is 0.0217. The first-order chi connectivity index (χ1) is 17.8. The highest BCUT2D eigenvalue weighted by Gasteiger charge is 2.34. The molecule has 1 N–H and O–H groups in total. The highest BCUT2D eigenvalue weighted by Crippen LogP contribution is 2.27. The summed E-state index contributed by atoms with van der Waals surface area (Å²) >= 11 is 0. The Morgan fingerprint density at radius 2 is 2.00 bits per heavy atom. The summed E-state index contributed by atoms with van der Waals surface area (Å²) in [4.78, 5) is 26.2. The molecule has 0 aliphatic carbocycles. The zero-order chi connectivity index (χ0) is 26.4. The lowest BCUT2D eigenvalue weighted by Crippen LogP contribution is -2.49. The number of aromatic nitrogens is 2. The van der Waals surface area contributed by atoms with Gasteiger partial charge in [0, 0.05) is 49.1 Å². The molecule has 192 valence electrons. The van der Waals surface area contributed by atoms with Crippen LogP contribution in [0, 0.1) is 23.6 Å². The van der Waals surface area contributed by atoms with Gasteiger partial charge in [0.1, 0.15) is 17.5 Å². The standard InChI is InChI=1S/C29H31FN4O3/c1-20-16-34(21(2)19-35)29(36)26-14-23(11-10-22-7-6-8-24(30)13-22)15-32-28(26)37-27(20)18-33(3)17-25-9-4-5-12-31-25/h4-9,12-15,20-21,27,35H,16-19H2,1-3H3/t20-,21+,27-/m1/s1. The van der Waals surface area contributed by atoms with Gasteiger partial charge in [0.05, 0.1) is 18.3 Å². The van der Waals surface area contributed by atoms with Crippen molar-refractivity contribution in [1.82, 2.24) is 19.8 Å². The molecule has 0 saturated carbocycles. The maximum atomic E-state index is 13.6. The Labute approximate surface area is 216 Å². The van der Waals surface area contributed by atoms with Crippen LogP contribution < -0.4 is 4.74 Å². The van der Waals surface area contributed by atoms with Crippen LogP contribution in [-0.4, -0.2) is 69.7 Å². The van der Waals surface area contributed by atoms with Crippen molar-refractivity contribution in [2.45, 2.75) is 32.5 Å². The summed E-state index contributed by atoms with van der Waals surface area (Å²) in [6.07, 6.45) is 3.07. The topological polar surface area (TPSA) is 78.8 Å². The van der Waals surface area contributed by atoms with Crippen molar-refractivity contribution in [3.63, 3.8) is 0 Å². The van der Waals surface area contributed by atoms with Crippen molar-refractivity contribution in [3.8, 4) is 17.7 Å². The number of aliphatic hydroxyl groups excluding tert-OH is 1. The molecule has 0 saturated heterocycles. The zero-order valence-corrected chi connectivity index (χ0v) is 21.3. The Hall–Kier alpha value is -3.80. The summed E-state index contributed by atoms with van der Waals surface area (Å²) in [5.41, 5.74) is 2.27. The van der Waals surface area contributed by atoms with E-state index >= 15 is 0 Å². The van der Waals surface area contributed by atoms with Gasteiger partial charge in [-0.25, -0.2) is 9.37 Å². The number of nitrogens with zero attached hydrogens (tertiary/aromatic N) is 4. The SMILES string of the molecule is C[C@@H]1CN([C@@H](C)CO)C(=O)c2cc(C#Cc3cccc(F)c3)cnc2O[C@@H]1CN(C)Cc1ccccn1. The van der Waals surface area contributed by atoms with E-state index in [1.807, 2.05) is 39.1 Å². The summed E-state index contributed by atoms with van der Waals surface area (Å²) in [7, 11) is 2.00. The number of aliphatic hydroxyl groups is 1. The number of fused-ring (bicyclic) bond motifs is 1. The number of rotatable bonds is 6. The van der Waals surface area contributed by atoms with E-state index < -0.39 is 0 Å². The van der Waals surface area contributed by atoms with E-state index in [1.54, 1.807) is 35.5 Å². The number of amides is 1. The van der Waals surface area contributed by atoms with Gasteiger partial charge >= 0.3 is 0 Å². The third-order valence-corrected chi connectivity index (χ3v) is 6.35. The van der Waals surface area contributed by atoms with Gasteiger partial charge in [0.25, 0.3) is 5.91 Å². The summed E-state index contributed by atoms with van der Waals surface area (Å²) < 4.78 is 19.9. The minimum Gasteiger partial charge on any atom is -0.472 e. The van der Waals surface area contributed by atoms with E-state index in [1.165, 1.54) is 12.1 Å². The number of benzene rings is 1. The number of pyridine rings is 2. The van der Waals surface area contributed by atoms with Crippen molar-refractivity contribution in [2.24, 2.45) is 5.92 Å². The van der Waals surface area contributed by atoms with Crippen molar-refractivity contribution >= 4 is 5.91 Å². The van der Waals surface area contributed by atoms with Gasteiger partial charge in [-0.1, -0.05) is 30.9 Å². The molecule has 4 rings (SSSR count). The quantitative estimate of drug-likeness (QED) is 0.521. The second-order valence-corrected chi connectivity index (χ2v) is 9.48. The first-order valence-electron chi connectivity index (χ1n) is 12.3.